The predicted molar refractivity (Wildman–Crippen MR) is 57.3 cm³/mol. The first-order valence-corrected chi connectivity index (χ1v) is 4.73. The molecule has 0 heterocycles. The molecule has 0 radical (unpaired) electrons. The molecule has 0 aromatic heterocycles. The lowest BCUT2D eigenvalue weighted by atomic mass is 10.2. The Morgan fingerprint density at radius 3 is 2.86 bits per heavy atom. The maximum atomic E-state index is 8.83. The van der Waals surface area contributed by atoms with E-state index in [1.165, 1.54) is 0 Å². The Balaban J connectivity index is 2.62. The van der Waals surface area contributed by atoms with E-state index in [1.807, 2.05) is 26.0 Å². The molecule has 3 heteroatoms. The van der Waals surface area contributed by atoms with Crippen molar-refractivity contribution in [2.45, 2.75) is 13.8 Å². The molecule has 0 saturated heterocycles. The molecule has 0 aliphatic carbocycles. The van der Waals surface area contributed by atoms with E-state index in [1.54, 1.807) is 6.07 Å². The predicted octanol–water partition coefficient (Wildman–Crippen LogP) is 1.58. The number of anilines is 1. The van der Waals surface area contributed by atoms with Crippen molar-refractivity contribution in [2.75, 3.05) is 18.9 Å². The van der Waals surface area contributed by atoms with Crippen molar-refractivity contribution in [3.63, 3.8) is 0 Å². The van der Waals surface area contributed by atoms with Crippen LogP contribution in [0.15, 0.2) is 18.2 Å². The van der Waals surface area contributed by atoms with Gasteiger partial charge in [0.15, 0.2) is 0 Å². The van der Waals surface area contributed by atoms with Gasteiger partial charge in [-0.05, 0) is 18.6 Å². The standard InChI is InChI=1S/C11H17NO2/c1-8(6-13)7-14-11-5-10(12)4-3-9(11)2/h3-5,8,13H,6-7,12H2,1-2H3. The molecule has 3 nitrogen and oxygen atoms in total. The van der Waals surface area contributed by atoms with Gasteiger partial charge < -0.3 is 15.6 Å². The fraction of sp³-hybridized carbons (Fsp3) is 0.455. The van der Waals surface area contributed by atoms with Gasteiger partial charge in [-0.25, -0.2) is 0 Å². The zero-order chi connectivity index (χ0) is 10.6. The molecular weight excluding hydrogens is 178 g/mol. The maximum absolute atomic E-state index is 8.83. The van der Waals surface area contributed by atoms with E-state index in [0.29, 0.717) is 12.3 Å². The summed E-state index contributed by atoms with van der Waals surface area (Å²) >= 11 is 0. The molecule has 14 heavy (non-hydrogen) atoms. The van der Waals surface area contributed by atoms with Crippen molar-refractivity contribution in [2.24, 2.45) is 5.92 Å². The van der Waals surface area contributed by atoms with Gasteiger partial charge in [-0.1, -0.05) is 13.0 Å². The summed E-state index contributed by atoms with van der Waals surface area (Å²) in [6.07, 6.45) is 0. The van der Waals surface area contributed by atoms with Gasteiger partial charge in [0.05, 0.1) is 6.61 Å². The highest BCUT2D eigenvalue weighted by Gasteiger charge is 2.03. The number of benzene rings is 1. The fourth-order valence-corrected chi connectivity index (χ4v) is 1.06. The molecule has 1 unspecified atom stereocenters. The quantitative estimate of drug-likeness (QED) is 0.717. The fourth-order valence-electron chi connectivity index (χ4n) is 1.06. The van der Waals surface area contributed by atoms with Crippen LogP contribution in [0.25, 0.3) is 0 Å². The summed E-state index contributed by atoms with van der Waals surface area (Å²) in [4.78, 5) is 0. The number of nitrogens with two attached hydrogens (primary N) is 1. The van der Waals surface area contributed by atoms with Crippen molar-refractivity contribution >= 4 is 5.69 Å². The number of nitrogen functional groups attached to an aromatic ring is 1. The van der Waals surface area contributed by atoms with Crippen LogP contribution in [0, 0.1) is 12.8 Å². The SMILES string of the molecule is Cc1ccc(N)cc1OCC(C)CO. The highest BCUT2D eigenvalue weighted by molar-refractivity contribution is 5.47. The van der Waals surface area contributed by atoms with Crippen LogP contribution in [-0.2, 0) is 0 Å². The summed E-state index contributed by atoms with van der Waals surface area (Å²) in [5.74, 6) is 0.945. The molecule has 0 aliphatic rings. The summed E-state index contributed by atoms with van der Waals surface area (Å²) in [5.41, 5.74) is 7.39. The Morgan fingerprint density at radius 2 is 2.21 bits per heavy atom. The minimum atomic E-state index is 0.140. The molecule has 1 atom stereocenters. The third-order valence-electron chi connectivity index (χ3n) is 2.05. The van der Waals surface area contributed by atoms with E-state index >= 15 is 0 Å². The van der Waals surface area contributed by atoms with Crippen LogP contribution in [0.1, 0.15) is 12.5 Å². The van der Waals surface area contributed by atoms with E-state index in [0.717, 1.165) is 11.3 Å². The highest BCUT2D eigenvalue weighted by Crippen LogP contribution is 2.21. The highest BCUT2D eigenvalue weighted by atomic mass is 16.5. The first-order valence-electron chi connectivity index (χ1n) is 4.73. The first-order chi connectivity index (χ1) is 6.63. The molecule has 0 spiro atoms. The zero-order valence-corrected chi connectivity index (χ0v) is 8.66. The second-order valence-corrected chi connectivity index (χ2v) is 3.62. The maximum Gasteiger partial charge on any atom is 0.124 e. The molecule has 0 aliphatic heterocycles. The molecule has 1 aromatic rings. The van der Waals surface area contributed by atoms with E-state index in [9.17, 15) is 0 Å². The van der Waals surface area contributed by atoms with Crippen LogP contribution < -0.4 is 10.5 Å². The molecular formula is C11H17NO2. The largest absolute Gasteiger partial charge is 0.493 e. The van der Waals surface area contributed by atoms with Crippen molar-refractivity contribution in [1.82, 2.24) is 0 Å². The average Bonchev–Trinajstić information content (AvgIpc) is 2.19. The van der Waals surface area contributed by atoms with E-state index in [2.05, 4.69) is 0 Å². The van der Waals surface area contributed by atoms with Gasteiger partial charge in [-0.3, -0.25) is 0 Å². The van der Waals surface area contributed by atoms with Crippen molar-refractivity contribution in [3.05, 3.63) is 23.8 Å². The number of hydrogen-bond donors (Lipinski definition) is 2. The van der Waals surface area contributed by atoms with Gasteiger partial charge in [0.1, 0.15) is 5.75 Å². The molecule has 0 fully saturated rings. The van der Waals surface area contributed by atoms with Crippen molar-refractivity contribution in [3.8, 4) is 5.75 Å². The molecule has 0 amide bonds. The Hall–Kier alpha value is -1.22. The second-order valence-electron chi connectivity index (χ2n) is 3.62. The molecule has 78 valence electrons. The second kappa shape index (κ2) is 4.86. The zero-order valence-electron chi connectivity index (χ0n) is 8.66. The number of aliphatic hydroxyl groups excluding tert-OH is 1. The van der Waals surface area contributed by atoms with Gasteiger partial charge in [-0.15, -0.1) is 0 Å². The first kappa shape index (κ1) is 10.9. The molecule has 1 aromatic carbocycles. The molecule has 0 saturated carbocycles. The number of aryl methyl sites for hydroxylation is 1. The molecule has 0 bridgehead atoms. The van der Waals surface area contributed by atoms with Crippen molar-refractivity contribution in [1.29, 1.82) is 0 Å². The smallest absolute Gasteiger partial charge is 0.124 e. The van der Waals surface area contributed by atoms with E-state index in [-0.39, 0.29) is 12.5 Å². The number of ether oxygens (including phenoxy) is 1. The number of rotatable bonds is 4. The van der Waals surface area contributed by atoms with Crippen molar-refractivity contribution < 1.29 is 9.84 Å². The Labute approximate surface area is 84.5 Å². The van der Waals surface area contributed by atoms with Crippen LogP contribution in [0.4, 0.5) is 5.69 Å². The number of hydrogen-bond acceptors (Lipinski definition) is 3. The Bertz CT molecular complexity index is 299. The third kappa shape index (κ3) is 2.92. The normalized spacial score (nSPS) is 12.5. The van der Waals surface area contributed by atoms with Crippen LogP contribution in [0.5, 0.6) is 5.75 Å². The molecule has 3 N–H and O–H groups in total. The van der Waals surface area contributed by atoms with Crippen LogP contribution in [-0.4, -0.2) is 18.3 Å². The summed E-state index contributed by atoms with van der Waals surface area (Å²) in [7, 11) is 0. The minimum absolute atomic E-state index is 0.140. The Morgan fingerprint density at radius 1 is 1.50 bits per heavy atom. The topological polar surface area (TPSA) is 55.5 Å². The van der Waals surface area contributed by atoms with Crippen LogP contribution in [0.2, 0.25) is 0 Å². The summed E-state index contributed by atoms with van der Waals surface area (Å²) in [5, 5.41) is 8.83. The minimum Gasteiger partial charge on any atom is -0.493 e. The van der Waals surface area contributed by atoms with Gasteiger partial charge >= 0.3 is 0 Å². The van der Waals surface area contributed by atoms with Gasteiger partial charge in [0.2, 0.25) is 0 Å². The number of aliphatic hydroxyl groups is 1. The van der Waals surface area contributed by atoms with Gasteiger partial charge in [-0.2, -0.15) is 0 Å². The lowest BCUT2D eigenvalue weighted by molar-refractivity contribution is 0.174. The lowest BCUT2D eigenvalue weighted by Gasteiger charge is -2.12. The molecule has 1 rings (SSSR count). The van der Waals surface area contributed by atoms with E-state index in [4.69, 9.17) is 15.6 Å². The summed E-state index contributed by atoms with van der Waals surface area (Å²) < 4.78 is 5.53. The Kier molecular flexibility index (Phi) is 3.77. The van der Waals surface area contributed by atoms with E-state index < -0.39 is 0 Å². The van der Waals surface area contributed by atoms with Gasteiger partial charge in [0, 0.05) is 24.3 Å². The van der Waals surface area contributed by atoms with Crippen LogP contribution in [0.3, 0.4) is 0 Å². The monoisotopic (exact) mass is 195 g/mol. The average molecular weight is 195 g/mol. The summed E-state index contributed by atoms with van der Waals surface area (Å²) in [6.45, 7) is 4.56. The van der Waals surface area contributed by atoms with Gasteiger partial charge in [0.25, 0.3) is 0 Å². The lowest BCUT2D eigenvalue weighted by Crippen LogP contribution is -2.12. The summed E-state index contributed by atoms with van der Waals surface area (Å²) in [6, 6.07) is 5.57. The van der Waals surface area contributed by atoms with Crippen LogP contribution >= 0.6 is 0 Å². The third-order valence-corrected chi connectivity index (χ3v) is 2.05.